The van der Waals surface area contributed by atoms with Crippen molar-refractivity contribution in [1.29, 1.82) is 0 Å². The topological polar surface area (TPSA) is 117 Å². The maximum Gasteiger partial charge on any atom is 0.311 e. The van der Waals surface area contributed by atoms with Crippen LogP contribution in [0.25, 0.3) is 0 Å². The lowest BCUT2D eigenvalue weighted by Crippen LogP contribution is -2.25. The fraction of sp³-hybridized carbons (Fsp3) is 0.188. The molecule has 1 amide bonds. The lowest BCUT2D eigenvalue weighted by atomic mass is 10.3. The molecule has 0 unspecified atom stereocenters. The molecule has 0 spiro atoms. The van der Waals surface area contributed by atoms with Crippen molar-refractivity contribution < 1.29 is 14.5 Å². The van der Waals surface area contributed by atoms with Crippen molar-refractivity contribution in [2.45, 2.75) is 13.3 Å². The first-order valence-corrected chi connectivity index (χ1v) is 8.59. The smallest absolute Gasteiger partial charge is 0.311 e. The molecule has 3 rings (SSSR count). The van der Waals surface area contributed by atoms with Gasteiger partial charge in [0.1, 0.15) is 5.69 Å². The molecule has 10 nitrogen and oxygen atoms in total. The number of nitrogens with one attached hydrogen (secondary N) is 1. The minimum Gasteiger partial charge on any atom is -0.464 e. The van der Waals surface area contributed by atoms with Gasteiger partial charge in [-0.15, -0.1) is 0 Å². The summed E-state index contributed by atoms with van der Waals surface area (Å²) in [5.74, 6) is -0.224. The van der Waals surface area contributed by atoms with Gasteiger partial charge >= 0.3 is 5.69 Å². The van der Waals surface area contributed by atoms with Crippen LogP contribution in [0.5, 0.6) is 5.75 Å². The molecule has 11 heteroatoms. The Morgan fingerprint density at radius 2 is 2.15 bits per heavy atom. The van der Waals surface area contributed by atoms with Crippen LogP contribution in [0.3, 0.4) is 0 Å². The van der Waals surface area contributed by atoms with Crippen molar-refractivity contribution in [3.05, 3.63) is 68.7 Å². The third kappa shape index (κ3) is 4.31. The van der Waals surface area contributed by atoms with E-state index in [0.717, 1.165) is 10.2 Å². The van der Waals surface area contributed by atoms with Crippen molar-refractivity contribution in [2.75, 3.05) is 0 Å². The maximum absolute atomic E-state index is 12.2. The van der Waals surface area contributed by atoms with Crippen LogP contribution in [-0.2, 0) is 20.3 Å². The van der Waals surface area contributed by atoms with E-state index in [1.807, 2.05) is 0 Å². The van der Waals surface area contributed by atoms with Crippen LogP contribution in [0.2, 0.25) is 0 Å². The quantitative estimate of drug-likeness (QED) is 0.450. The summed E-state index contributed by atoms with van der Waals surface area (Å²) >= 11 is 3.37. The van der Waals surface area contributed by atoms with Gasteiger partial charge in [0.05, 0.1) is 27.8 Å². The van der Waals surface area contributed by atoms with E-state index < -0.39 is 4.92 Å². The van der Waals surface area contributed by atoms with Crippen molar-refractivity contribution in [2.24, 2.45) is 7.05 Å². The molecule has 0 radical (unpaired) electrons. The summed E-state index contributed by atoms with van der Waals surface area (Å²) in [5, 5.41) is 21.9. The minimum absolute atomic E-state index is 0.0641. The van der Waals surface area contributed by atoms with Crippen LogP contribution in [0.1, 0.15) is 16.2 Å². The number of carbonyl (C=O) groups excluding carboxylic acids is 1. The summed E-state index contributed by atoms with van der Waals surface area (Å²) in [7, 11) is 1.78. The SMILES string of the molecule is Cn1ncc(Br)c1CNC(=O)c1ccn(COc2ccccc2[N+](=O)[O-])n1. The minimum atomic E-state index is -0.520. The molecule has 2 heterocycles. The normalized spacial score (nSPS) is 10.6. The first-order chi connectivity index (χ1) is 13.0. The predicted molar refractivity (Wildman–Crippen MR) is 98.0 cm³/mol. The molecular formula is C16H15BrN6O4. The molecule has 0 aliphatic carbocycles. The Morgan fingerprint density at radius 1 is 1.37 bits per heavy atom. The lowest BCUT2D eigenvalue weighted by Gasteiger charge is -2.07. The number of halogens is 1. The molecular weight excluding hydrogens is 420 g/mol. The largest absolute Gasteiger partial charge is 0.464 e. The van der Waals surface area contributed by atoms with E-state index in [2.05, 4.69) is 31.4 Å². The first kappa shape index (κ1) is 18.6. The second kappa shape index (κ2) is 7.99. The highest BCUT2D eigenvalue weighted by Crippen LogP contribution is 2.25. The zero-order valence-electron chi connectivity index (χ0n) is 14.2. The highest BCUT2D eigenvalue weighted by Gasteiger charge is 2.15. The molecule has 140 valence electrons. The molecule has 0 bridgehead atoms. The van der Waals surface area contributed by atoms with Gasteiger partial charge in [0.25, 0.3) is 5.91 Å². The van der Waals surface area contributed by atoms with Gasteiger partial charge in [-0.1, -0.05) is 12.1 Å². The Morgan fingerprint density at radius 3 is 2.85 bits per heavy atom. The van der Waals surface area contributed by atoms with E-state index in [-0.39, 0.29) is 36.3 Å². The van der Waals surface area contributed by atoms with Crippen molar-refractivity contribution in [1.82, 2.24) is 24.9 Å². The van der Waals surface area contributed by atoms with Crippen LogP contribution in [0.15, 0.2) is 47.2 Å². The average Bonchev–Trinajstić information content (AvgIpc) is 3.25. The number of para-hydroxylation sites is 2. The number of amides is 1. The third-order valence-electron chi connectivity index (χ3n) is 3.71. The Kier molecular flexibility index (Phi) is 5.50. The molecule has 3 aromatic rings. The number of nitro groups is 1. The standard InChI is InChI=1S/C16H15BrN6O4/c1-21-14(11(17)8-19-21)9-18-16(24)12-6-7-22(20-12)10-27-15-5-3-2-4-13(15)23(25)26/h2-8H,9-10H2,1H3,(H,18,24). The number of hydrogen-bond acceptors (Lipinski definition) is 6. The summed E-state index contributed by atoms with van der Waals surface area (Å²) in [5.41, 5.74) is 0.895. The van der Waals surface area contributed by atoms with Crippen LogP contribution in [-0.4, -0.2) is 30.4 Å². The van der Waals surface area contributed by atoms with Crippen molar-refractivity contribution >= 4 is 27.5 Å². The second-order valence-corrected chi connectivity index (χ2v) is 6.34. The number of aryl methyl sites for hydroxylation is 1. The van der Waals surface area contributed by atoms with Crippen LogP contribution < -0.4 is 10.1 Å². The van der Waals surface area contributed by atoms with E-state index in [4.69, 9.17) is 4.74 Å². The summed E-state index contributed by atoms with van der Waals surface area (Å²) in [6.07, 6.45) is 3.21. The zero-order chi connectivity index (χ0) is 19.4. The molecule has 2 aromatic heterocycles. The van der Waals surface area contributed by atoms with E-state index in [9.17, 15) is 14.9 Å². The number of nitro benzene ring substituents is 1. The first-order valence-electron chi connectivity index (χ1n) is 7.80. The van der Waals surface area contributed by atoms with Gasteiger partial charge in [-0.2, -0.15) is 10.2 Å². The Balaban J connectivity index is 1.60. The summed E-state index contributed by atoms with van der Waals surface area (Å²) in [6, 6.07) is 7.59. The van der Waals surface area contributed by atoms with Gasteiger partial charge in [0.2, 0.25) is 0 Å². The maximum atomic E-state index is 12.2. The molecule has 0 saturated heterocycles. The van der Waals surface area contributed by atoms with Crippen molar-refractivity contribution in [3.8, 4) is 5.75 Å². The summed E-state index contributed by atoms with van der Waals surface area (Å²) in [6.45, 7) is 0.223. The lowest BCUT2D eigenvalue weighted by molar-refractivity contribution is -0.386. The van der Waals surface area contributed by atoms with Gasteiger partial charge in [-0.05, 0) is 28.1 Å². The molecule has 0 saturated carbocycles. The van der Waals surface area contributed by atoms with E-state index in [1.54, 1.807) is 36.3 Å². The van der Waals surface area contributed by atoms with Gasteiger partial charge < -0.3 is 10.1 Å². The van der Waals surface area contributed by atoms with Gasteiger partial charge in [-0.3, -0.25) is 19.6 Å². The average molecular weight is 435 g/mol. The molecule has 27 heavy (non-hydrogen) atoms. The van der Waals surface area contributed by atoms with E-state index in [1.165, 1.54) is 22.9 Å². The Bertz CT molecular complexity index is 963. The number of aromatic nitrogens is 4. The molecule has 0 fully saturated rings. The monoisotopic (exact) mass is 434 g/mol. The highest BCUT2D eigenvalue weighted by molar-refractivity contribution is 9.10. The van der Waals surface area contributed by atoms with Crippen LogP contribution in [0.4, 0.5) is 5.69 Å². The number of ether oxygens (including phenoxy) is 1. The Labute approximate surface area is 162 Å². The number of benzene rings is 1. The molecule has 0 aliphatic heterocycles. The second-order valence-electron chi connectivity index (χ2n) is 5.48. The zero-order valence-corrected chi connectivity index (χ0v) is 15.8. The molecule has 1 N–H and O–H groups in total. The fourth-order valence-electron chi connectivity index (χ4n) is 2.31. The summed E-state index contributed by atoms with van der Waals surface area (Å²) in [4.78, 5) is 22.7. The van der Waals surface area contributed by atoms with E-state index >= 15 is 0 Å². The summed E-state index contributed by atoms with van der Waals surface area (Å²) < 4.78 is 9.27. The fourth-order valence-corrected chi connectivity index (χ4v) is 2.80. The molecule has 0 atom stereocenters. The van der Waals surface area contributed by atoms with Crippen molar-refractivity contribution in [3.63, 3.8) is 0 Å². The number of hydrogen-bond donors (Lipinski definition) is 1. The molecule has 1 aromatic carbocycles. The van der Waals surface area contributed by atoms with Gasteiger partial charge in [0.15, 0.2) is 12.5 Å². The van der Waals surface area contributed by atoms with Crippen LogP contribution >= 0.6 is 15.9 Å². The third-order valence-corrected chi connectivity index (χ3v) is 4.38. The predicted octanol–water partition coefficient (Wildman–Crippen LogP) is 2.25. The Hall–Kier alpha value is -3.21. The van der Waals surface area contributed by atoms with E-state index in [0.29, 0.717) is 0 Å². The highest BCUT2D eigenvalue weighted by atomic mass is 79.9. The number of nitrogens with zero attached hydrogens (tertiary/aromatic N) is 5. The molecule has 0 aliphatic rings. The van der Waals surface area contributed by atoms with Gasteiger partial charge in [-0.25, -0.2) is 4.68 Å². The number of carbonyl (C=O) groups is 1. The van der Waals surface area contributed by atoms with Crippen LogP contribution in [0, 0.1) is 10.1 Å². The number of rotatable bonds is 7. The van der Waals surface area contributed by atoms with Gasteiger partial charge in [0, 0.05) is 19.3 Å².